The van der Waals surface area contributed by atoms with Crippen molar-refractivity contribution < 1.29 is 0 Å². The molecule has 0 N–H and O–H groups in total. The van der Waals surface area contributed by atoms with Crippen LogP contribution in [0.3, 0.4) is 0 Å². The van der Waals surface area contributed by atoms with Crippen LogP contribution in [0.2, 0.25) is 5.02 Å². The smallest absolute Gasteiger partial charge is 0.202 e. The minimum Gasteiger partial charge on any atom is -0.329 e. The highest BCUT2D eigenvalue weighted by atomic mass is 35.5. The molecule has 2 aliphatic rings. The molecule has 0 saturated heterocycles. The van der Waals surface area contributed by atoms with Gasteiger partial charge < -0.3 is 9.80 Å². The van der Waals surface area contributed by atoms with E-state index in [9.17, 15) is 0 Å². The zero-order valence-corrected chi connectivity index (χ0v) is 15.6. The lowest BCUT2D eigenvalue weighted by Crippen LogP contribution is -2.49. The molecule has 0 bridgehead atoms. The highest BCUT2D eigenvalue weighted by Gasteiger charge is 2.38. The molecule has 0 radical (unpaired) electrons. The fourth-order valence-electron chi connectivity index (χ4n) is 3.89. The molecule has 2 heterocycles. The summed E-state index contributed by atoms with van der Waals surface area (Å²) in [7, 11) is 0. The molecule has 0 saturated carbocycles. The minimum atomic E-state index is 0.214. The lowest BCUT2D eigenvalue weighted by Gasteiger charge is -2.43. The van der Waals surface area contributed by atoms with E-state index in [2.05, 4.69) is 66.1 Å². The maximum absolute atomic E-state index is 6.50. The molecular weight excluding hydrogens is 330 g/mol. The van der Waals surface area contributed by atoms with Gasteiger partial charge in [-0.3, -0.25) is 4.99 Å². The van der Waals surface area contributed by atoms with E-state index in [1.165, 1.54) is 23.2 Å². The maximum atomic E-state index is 6.50. The Bertz CT molecular complexity index is 800. The third kappa shape index (κ3) is 2.81. The van der Waals surface area contributed by atoms with Gasteiger partial charge in [0.1, 0.15) is 0 Å². The maximum Gasteiger partial charge on any atom is 0.202 e. The van der Waals surface area contributed by atoms with E-state index in [1.807, 2.05) is 0 Å². The summed E-state index contributed by atoms with van der Waals surface area (Å²) in [5.41, 5.74) is 5.01. The van der Waals surface area contributed by atoms with Crippen LogP contribution in [0.4, 0.5) is 5.69 Å². The highest BCUT2D eigenvalue weighted by Crippen LogP contribution is 2.43. The van der Waals surface area contributed by atoms with Crippen LogP contribution in [-0.2, 0) is 0 Å². The largest absolute Gasteiger partial charge is 0.329 e. The Kier molecular flexibility index (Phi) is 4.43. The normalized spacial score (nSPS) is 18.8. The second kappa shape index (κ2) is 6.72. The predicted molar refractivity (Wildman–Crippen MR) is 106 cm³/mol. The van der Waals surface area contributed by atoms with Crippen LogP contribution in [0, 0.1) is 6.92 Å². The first kappa shape index (κ1) is 16.5. The third-order valence-electron chi connectivity index (χ3n) is 5.15. The molecule has 0 spiro atoms. The highest BCUT2D eigenvalue weighted by molar-refractivity contribution is 6.31. The van der Waals surface area contributed by atoms with Crippen molar-refractivity contribution in [1.29, 1.82) is 0 Å². The van der Waals surface area contributed by atoms with Crippen molar-refractivity contribution in [3.8, 4) is 0 Å². The molecule has 25 heavy (non-hydrogen) atoms. The SMILES string of the molecule is CCCCN1C2=NCCN2C(c2ccccc2)c2cc(C)c(Cl)cc21. The Labute approximate surface area is 154 Å². The Hall–Kier alpha value is -2.00. The van der Waals surface area contributed by atoms with E-state index in [0.29, 0.717) is 0 Å². The first-order valence-electron chi connectivity index (χ1n) is 9.14. The fraction of sp³-hybridized carbons (Fsp3) is 0.381. The van der Waals surface area contributed by atoms with Crippen LogP contribution >= 0.6 is 11.6 Å². The topological polar surface area (TPSA) is 18.8 Å². The standard InChI is InChI=1S/C21H24ClN3/c1-3-4-11-24-19-14-18(22)15(2)13-17(19)20(16-8-6-5-7-9-16)25-12-10-23-21(24)25/h5-9,13-14,20H,3-4,10-12H2,1-2H3. The van der Waals surface area contributed by atoms with Gasteiger partial charge >= 0.3 is 0 Å². The molecule has 4 rings (SSSR count). The molecule has 0 fully saturated rings. The number of halogens is 1. The first-order valence-corrected chi connectivity index (χ1v) is 9.52. The van der Waals surface area contributed by atoms with Gasteiger partial charge in [-0.25, -0.2) is 0 Å². The Morgan fingerprint density at radius 1 is 1.20 bits per heavy atom. The van der Waals surface area contributed by atoms with Gasteiger partial charge in [0.15, 0.2) is 0 Å². The van der Waals surface area contributed by atoms with Gasteiger partial charge in [-0.05, 0) is 30.5 Å². The Morgan fingerprint density at radius 3 is 2.76 bits per heavy atom. The van der Waals surface area contributed by atoms with Crippen molar-refractivity contribution in [3.63, 3.8) is 0 Å². The number of hydrogen-bond donors (Lipinski definition) is 0. The van der Waals surface area contributed by atoms with E-state index in [1.54, 1.807) is 0 Å². The lowest BCUT2D eigenvalue weighted by molar-refractivity contribution is 0.373. The minimum absolute atomic E-state index is 0.214. The van der Waals surface area contributed by atoms with Gasteiger partial charge in [-0.1, -0.05) is 61.3 Å². The number of benzene rings is 2. The Morgan fingerprint density at radius 2 is 2.00 bits per heavy atom. The average molecular weight is 354 g/mol. The number of rotatable bonds is 4. The summed E-state index contributed by atoms with van der Waals surface area (Å²) in [6.07, 6.45) is 2.31. The van der Waals surface area contributed by atoms with Crippen molar-refractivity contribution in [2.24, 2.45) is 4.99 Å². The summed E-state index contributed by atoms with van der Waals surface area (Å²) >= 11 is 6.50. The molecule has 0 aliphatic carbocycles. The predicted octanol–water partition coefficient (Wildman–Crippen LogP) is 5.03. The number of aliphatic imine (C=N–C) groups is 1. The quantitative estimate of drug-likeness (QED) is 0.767. The van der Waals surface area contributed by atoms with Gasteiger partial charge in [-0.15, -0.1) is 0 Å². The average Bonchev–Trinajstić information content (AvgIpc) is 3.10. The molecule has 2 aromatic carbocycles. The number of fused-ring (bicyclic) bond motifs is 2. The van der Waals surface area contributed by atoms with Crippen LogP contribution in [0.5, 0.6) is 0 Å². The summed E-state index contributed by atoms with van der Waals surface area (Å²) in [6.45, 7) is 7.14. The molecule has 130 valence electrons. The number of guanidine groups is 1. The first-order chi connectivity index (χ1) is 12.2. The molecule has 4 heteroatoms. The summed E-state index contributed by atoms with van der Waals surface area (Å²) in [6, 6.07) is 15.4. The zero-order valence-electron chi connectivity index (χ0n) is 14.9. The van der Waals surface area contributed by atoms with Crippen molar-refractivity contribution in [1.82, 2.24) is 4.90 Å². The van der Waals surface area contributed by atoms with E-state index < -0.39 is 0 Å². The summed E-state index contributed by atoms with van der Waals surface area (Å²) in [5, 5.41) is 0.833. The Balaban J connectivity index is 1.89. The molecule has 0 aromatic heterocycles. The van der Waals surface area contributed by atoms with E-state index in [4.69, 9.17) is 16.6 Å². The zero-order chi connectivity index (χ0) is 17.4. The number of anilines is 1. The van der Waals surface area contributed by atoms with Crippen molar-refractivity contribution in [2.45, 2.75) is 32.7 Å². The number of aryl methyl sites for hydroxylation is 1. The van der Waals surface area contributed by atoms with E-state index >= 15 is 0 Å². The summed E-state index contributed by atoms with van der Waals surface area (Å²) in [4.78, 5) is 9.67. The summed E-state index contributed by atoms with van der Waals surface area (Å²) in [5.74, 6) is 1.11. The number of nitrogens with zero attached hydrogens (tertiary/aromatic N) is 3. The molecular formula is C21H24ClN3. The van der Waals surface area contributed by atoms with Crippen LogP contribution in [-0.4, -0.2) is 30.5 Å². The fourth-order valence-corrected chi connectivity index (χ4v) is 4.04. The van der Waals surface area contributed by atoms with Gasteiger partial charge in [0.25, 0.3) is 0 Å². The van der Waals surface area contributed by atoms with Crippen molar-refractivity contribution in [2.75, 3.05) is 24.5 Å². The lowest BCUT2D eigenvalue weighted by atomic mass is 9.92. The van der Waals surface area contributed by atoms with Gasteiger partial charge in [0.05, 0.1) is 18.3 Å². The molecule has 1 unspecified atom stereocenters. The third-order valence-corrected chi connectivity index (χ3v) is 5.56. The van der Waals surface area contributed by atoms with Crippen LogP contribution in [0.15, 0.2) is 47.5 Å². The molecule has 2 aliphatic heterocycles. The van der Waals surface area contributed by atoms with Gasteiger partial charge in [0, 0.05) is 23.7 Å². The number of unbranched alkanes of at least 4 members (excludes halogenated alkanes) is 1. The van der Waals surface area contributed by atoms with E-state index in [0.717, 1.165) is 42.6 Å². The molecule has 1 atom stereocenters. The molecule has 3 nitrogen and oxygen atoms in total. The second-order valence-electron chi connectivity index (χ2n) is 6.85. The molecule has 0 amide bonds. The van der Waals surface area contributed by atoms with Crippen LogP contribution in [0.25, 0.3) is 0 Å². The monoisotopic (exact) mass is 353 g/mol. The van der Waals surface area contributed by atoms with Crippen LogP contribution < -0.4 is 4.90 Å². The molecule has 2 aromatic rings. The van der Waals surface area contributed by atoms with Gasteiger partial charge in [-0.2, -0.15) is 0 Å². The number of hydrogen-bond acceptors (Lipinski definition) is 3. The van der Waals surface area contributed by atoms with Crippen molar-refractivity contribution >= 4 is 23.2 Å². The summed E-state index contributed by atoms with van der Waals surface area (Å²) < 4.78 is 0. The second-order valence-corrected chi connectivity index (χ2v) is 7.26. The van der Waals surface area contributed by atoms with E-state index in [-0.39, 0.29) is 6.04 Å². The van der Waals surface area contributed by atoms with Gasteiger partial charge in [0.2, 0.25) is 5.96 Å². The van der Waals surface area contributed by atoms with Crippen molar-refractivity contribution in [3.05, 3.63) is 64.2 Å². The van der Waals surface area contributed by atoms with Crippen LogP contribution in [0.1, 0.15) is 42.5 Å².